The Morgan fingerprint density at radius 1 is 1.06 bits per heavy atom. The molecule has 6 nitrogen and oxygen atoms in total. The molecule has 10 heteroatoms. The number of nitrogens with zero attached hydrogens (tertiary/aromatic N) is 1. The summed E-state index contributed by atoms with van der Waals surface area (Å²) in [7, 11) is 0. The summed E-state index contributed by atoms with van der Waals surface area (Å²) < 4.78 is 37.9. The molecule has 0 bridgehead atoms. The number of rotatable bonds is 5. The standard InChI is InChI=1S/C22H24ClNO3.C2HF3O2/c23-20-8-4-2-5-16(20)13-18(21(25)26)14-24-11-9-22(10-12-24)19-7-3-1-6-17(19)15-27-22;3-2(4,5)1(6)7/h1-8,18H,9-15H2,(H,25,26);(H,6,7). The van der Waals surface area contributed by atoms with Gasteiger partial charge >= 0.3 is 18.1 Å². The van der Waals surface area contributed by atoms with Crippen LogP contribution in [0, 0.1) is 5.92 Å². The monoisotopic (exact) mass is 499 g/mol. The van der Waals surface area contributed by atoms with Crippen LogP contribution in [0.5, 0.6) is 0 Å². The van der Waals surface area contributed by atoms with Gasteiger partial charge in [-0.2, -0.15) is 13.2 Å². The first-order valence-electron chi connectivity index (χ1n) is 10.7. The highest BCUT2D eigenvalue weighted by atomic mass is 35.5. The quantitative estimate of drug-likeness (QED) is 0.618. The number of likely N-dealkylation sites (tertiary alicyclic amines) is 1. The Morgan fingerprint density at radius 2 is 1.65 bits per heavy atom. The molecule has 1 atom stereocenters. The summed E-state index contributed by atoms with van der Waals surface area (Å²) in [6.45, 7) is 2.92. The molecule has 4 rings (SSSR count). The maximum absolute atomic E-state index is 11.8. The smallest absolute Gasteiger partial charge is 0.481 e. The molecule has 0 radical (unpaired) electrons. The zero-order chi connectivity index (χ0) is 24.9. The third kappa shape index (κ3) is 6.28. The van der Waals surface area contributed by atoms with Crippen molar-refractivity contribution in [3.63, 3.8) is 0 Å². The highest BCUT2D eigenvalue weighted by Gasteiger charge is 2.42. The van der Waals surface area contributed by atoms with E-state index in [4.69, 9.17) is 26.2 Å². The predicted octanol–water partition coefficient (Wildman–Crippen LogP) is 4.74. The lowest BCUT2D eigenvalue weighted by atomic mass is 9.83. The number of carboxylic acids is 2. The third-order valence-corrected chi connectivity index (χ3v) is 6.54. The number of piperidine rings is 1. The van der Waals surface area contributed by atoms with Crippen LogP contribution in [0.25, 0.3) is 0 Å². The molecule has 0 aromatic heterocycles. The van der Waals surface area contributed by atoms with Crippen LogP contribution < -0.4 is 0 Å². The average Bonchev–Trinajstić information content (AvgIpc) is 3.14. The Hall–Kier alpha value is -2.62. The van der Waals surface area contributed by atoms with Gasteiger partial charge in [-0.05, 0) is 42.0 Å². The van der Waals surface area contributed by atoms with Gasteiger partial charge < -0.3 is 19.8 Å². The van der Waals surface area contributed by atoms with Crippen molar-refractivity contribution in [1.29, 1.82) is 0 Å². The number of hydrogen-bond acceptors (Lipinski definition) is 4. The van der Waals surface area contributed by atoms with E-state index in [1.807, 2.05) is 24.3 Å². The lowest BCUT2D eigenvalue weighted by Gasteiger charge is -2.40. The zero-order valence-electron chi connectivity index (χ0n) is 18.2. The normalized spacial score (nSPS) is 18.0. The number of carbonyl (C=O) groups is 2. The minimum absolute atomic E-state index is 0.186. The molecule has 1 spiro atoms. The van der Waals surface area contributed by atoms with E-state index < -0.39 is 24.0 Å². The van der Waals surface area contributed by atoms with Crippen molar-refractivity contribution in [1.82, 2.24) is 4.90 Å². The molecule has 2 aliphatic rings. The maximum atomic E-state index is 11.8. The van der Waals surface area contributed by atoms with Crippen LogP contribution in [-0.2, 0) is 33.0 Å². The fourth-order valence-corrected chi connectivity index (χ4v) is 4.58. The van der Waals surface area contributed by atoms with Gasteiger partial charge in [-0.25, -0.2) is 4.79 Å². The highest BCUT2D eigenvalue weighted by Crippen LogP contribution is 2.44. The Labute approximate surface area is 199 Å². The van der Waals surface area contributed by atoms with E-state index in [2.05, 4.69) is 29.2 Å². The van der Waals surface area contributed by atoms with Gasteiger partial charge in [-0.3, -0.25) is 4.79 Å². The van der Waals surface area contributed by atoms with E-state index in [0.717, 1.165) is 31.5 Å². The molecule has 2 aromatic carbocycles. The molecule has 0 aliphatic carbocycles. The summed E-state index contributed by atoms with van der Waals surface area (Å²) in [4.78, 5) is 23.0. The first-order valence-corrected chi connectivity index (χ1v) is 11.1. The number of fused-ring (bicyclic) bond motifs is 2. The van der Waals surface area contributed by atoms with E-state index in [9.17, 15) is 23.1 Å². The van der Waals surface area contributed by atoms with Crippen LogP contribution >= 0.6 is 11.6 Å². The summed E-state index contributed by atoms with van der Waals surface area (Å²) >= 11 is 6.22. The molecule has 2 N–H and O–H groups in total. The van der Waals surface area contributed by atoms with Gasteiger partial charge in [0.2, 0.25) is 0 Å². The van der Waals surface area contributed by atoms with E-state index in [1.54, 1.807) is 0 Å². The van der Waals surface area contributed by atoms with Crippen molar-refractivity contribution in [2.24, 2.45) is 5.92 Å². The lowest BCUT2D eigenvalue weighted by molar-refractivity contribution is -0.192. The molecule has 1 unspecified atom stereocenters. The number of halogens is 4. The van der Waals surface area contributed by atoms with Crippen molar-refractivity contribution in [3.05, 3.63) is 70.2 Å². The third-order valence-electron chi connectivity index (χ3n) is 6.17. The minimum Gasteiger partial charge on any atom is -0.481 e. The van der Waals surface area contributed by atoms with Gasteiger partial charge in [0.05, 0.1) is 18.1 Å². The van der Waals surface area contributed by atoms with Crippen molar-refractivity contribution in [3.8, 4) is 0 Å². The summed E-state index contributed by atoms with van der Waals surface area (Å²) in [5.41, 5.74) is 3.31. The number of aliphatic carboxylic acids is 2. The zero-order valence-corrected chi connectivity index (χ0v) is 19.0. The number of hydrogen-bond donors (Lipinski definition) is 2. The topological polar surface area (TPSA) is 87.1 Å². The molecule has 184 valence electrons. The van der Waals surface area contributed by atoms with E-state index >= 15 is 0 Å². The van der Waals surface area contributed by atoms with Crippen LogP contribution in [0.4, 0.5) is 13.2 Å². The van der Waals surface area contributed by atoms with Crippen LogP contribution in [0.15, 0.2) is 48.5 Å². The van der Waals surface area contributed by atoms with Crippen molar-refractivity contribution in [2.45, 2.75) is 37.6 Å². The van der Waals surface area contributed by atoms with Crippen molar-refractivity contribution < 1.29 is 37.7 Å². The number of benzene rings is 2. The van der Waals surface area contributed by atoms with Crippen LogP contribution in [0.1, 0.15) is 29.5 Å². The molecule has 2 aromatic rings. The molecule has 2 heterocycles. The van der Waals surface area contributed by atoms with E-state index in [1.165, 1.54) is 11.1 Å². The van der Waals surface area contributed by atoms with E-state index in [-0.39, 0.29) is 5.60 Å². The molecule has 0 saturated carbocycles. The predicted molar refractivity (Wildman–Crippen MR) is 119 cm³/mol. The average molecular weight is 500 g/mol. The second kappa shape index (κ2) is 10.8. The Bertz CT molecular complexity index is 1020. The molecule has 2 aliphatic heterocycles. The van der Waals surface area contributed by atoms with Crippen LogP contribution in [0.3, 0.4) is 0 Å². The minimum atomic E-state index is -5.08. The van der Waals surface area contributed by atoms with Gasteiger partial charge in [0, 0.05) is 24.7 Å². The van der Waals surface area contributed by atoms with Crippen LogP contribution in [-0.4, -0.2) is 52.9 Å². The van der Waals surface area contributed by atoms with Crippen molar-refractivity contribution >= 4 is 23.5 Å². The summed E-state index contributed by atoms with van der Waals surface area (Å²) in [5, 5.41) is 17.5. The molecule has 34 heavy (non-hydrogen) atoms. The van der Waals surface area contributed by atoms with Gasteiger partial charge in [0.1, 0.15) is 0 Å². The SMILES string of the molecule is O=C(O)C(Cc1ccccc1Cl)CN1CCC2(CC1)OCc1ccccc12.O=C(O)C(F)(F)F. The van der Waals surface area contributed by atoms with E-state index in [0.29, 0.717) is 24.6 Å². The highest BCUT2D eigenvalue weighted by molar-refractivity contribution is 6.31. The van der Waals surface area contributed by atoms with Crippen molar-refractivity contribution in [2.75, 3.05) is 19.6 Å². The number of ether oxygens (including phenoxy) is 1. The molecular weight excluding hydrogens is 475 g/mol. The van der Waals surface area contributed by atoms with Gasteiger partial charge in [0.15, 0.2) is 0 Å². The Balaban J connectivity index is 0.000000406. The fraction of sp³-hybridized carbons (Fsp3) is 0.417. The van der Waals surface area contributed by atoms with Gasteiger partial charge in [-0.15, -0.1) is 0 Å². The second-order valence-electron chi connectivity index (χ2n) is 8.37. The molecule has 0 amide bonds. The molecule has 1 saturated heterocycles. The number of carboxylic acid groups (broad SMARTS) is 2. The Morgan fingerprint density at radius 3 is 2.24 bits per heavy atom. The van der Waals surface area contributed by atoms with Crippen LogP contribution in [0.2, 0.25) is 5.02 Å². The second-order valence-corrected chi connectivity index (χ2v) is 8.78. The Kier molecular flexibility index (Phi) is 8.22. The first-order chi connectivity index (χ1) is 16.0. The lowest BCUT2D eigenvalue weighted by Crippen LogP contribution is -2.45. The number of alkyl halides is 3. The molecular formula is C24H25ClF3NO5. The first kappa shape index (κ1) is 26.0. The van der Waals surface area contributed by atoms with Gasteiger partial charge in [0.25, 0.3) is 0 Å². The summed E-state index contributed by atoms with van der Waals surface area (Å²) in [6, 6.07) is 15.9. The summed E-state index contributed by atoms with van der Waals surface area (Å²) in [5.74, 6) is -3.99. The molecule has 1 fully saturated rings. The van der Waals surface area contributed by atoms with Gasteiger partial charge in [-0.1, -0.05) is 54.1 Å². The maximum Gasteiger partial charge on any atom is 0.490 e. The fourth-order valence-electron chi connectivity index (χ4n) is 4.37. The largest absolute Gasteiger partial charge is 0.490 e. The summed E-state index contributed by atoms with van der Waals surface area (Å²) in [6.07, 6.45) is -2.82.